The monoisotopic (exact) mass is 440 g/mol. The van der Waals surface area contributed by atoms with E-state index >= 15 is 0 Å². The van der Waals surface area contributed by atoms with Gasteiger partial charge in [0.2, 0.25) is 5.91 Å². The van der Waals surface area contributed by atoms with E-state index in [-0.39, 0.29) is 11.8 Å². The number of aryl methyl sites for hydroxylation is 1. The maximum atomic E-state index is 13.9. The van der Waals surface area contributed by atoms with E-state index in [1.807, 2.05) is 42.1 Å². The Morgan fingerprint density at radius 3 is 2.42 bits per heavy atom. The first kappa shape index (κ1) is 22.7. The molecule has 0 N–H and O–H groups in total. The minimum absolute atomic E-state index is 0.126. The average molecular weight is 441 g/mol. The van der Waals surface area contributed by atoms with Gasteiger partial charge in [-0.1, -0.05) is 38.1 Å². The van der Waals surface area contributed by atoms with Crippen LogP contribution in [0.4, 0.5) is 11.4 Å². The topological polar surface area (TPSA) is 32.8 Å². The Bertz CT molecular complexity index is 1100. The van der Waals surface area contributed by atoms with Crippen LogP contribution in [-0.4, -0.2) is 27.1 Å². The van der Waals surface area contributed by atoms with E-state index in [9.17, 15) is 4.79 Å². The molecule has 33 heavy (non-hydrogen) atoms. The summed E-state index contributed by atoms with van der Waals surface area (Å²) in [6.45, 7) is 4.82. The van der Waals surface area contributed by atoms with Gasteiger partial charge < -0.3 is 14.5 Å². The summed E-state index contributed by atoms with van der Waals surface area (Å²) in [6.07, 6.45) is 1.71. The van der Waals surface area contributed by atoms with Gasteiger partial charge in [0, 0.05) is 25.3 Å². The van der Waals surface area contributed by atoms with Gasteiger partial charge in [-0.15, -0.1) is 0 Å². The highest BCUT2D eigenvalue weighted by molar-refractivity contribution is 5.98. The lowest BCUT2D eigenvalue weighted by molar-refractivity contribution is -0.120. The lowest BCUT2D eigenvalue weighted by Gasteiger charge is -2.26. The third-order valence-corrected chi connectivity index (χ3v) is 6.47. The third-order valence-electron chi connectivity index (χ3n) is 6.47. The molecule has 4 nitrogen and oxygen atoms in total. The molecule has 1 aliphatic carbocycles. The zero-order valence-electron chi connectivity index (χ0n) is 20.2. The minimum Gasteiger partial charge on any atom is -0.497 e. The predicted octanol–water partition coefficient (Wildman–Crippen LogP) is 5.75. The van der Waals surface area contributed by atoms with Crippen molar-refractivity contribution in [1.29, 1.82) is 0 Å². The smallest absolute Gasteiger partial charge is 0.234 e. The highest BCUT2D eigenvalue weighted by Crippen LogP contribution is 2.38. The van der Waals surface area contributed by atoms with Crippen LogP contribution in [0.2, 0.25) is 0 Å². The van der Waals surface area contributed by atoms with Crippen molar-refractivity contribution in [3.63, 3.8) is 0 Å². The number of fused-ring (bicyclic) bond motifs is 1. The van der Waals surface area contributed by atoms with Gasteiger partial charge in [-0.05, 0) is 77.9 Å². The van der Waals surface area contributed by atoms with Crippen LogP contribution in [0.5, 0.6) is 5.75 Å². The maximum absolute atomic E-state index is 13.9. The molecule has 0 spiro atoms. The van der Waals surface area contributed by atoms with Gasteiger partial charge in [0.1, 0.15) is 5.75 Å². The van der Waals surface area contributed by atoms with E-state index in [1.165, 1.54) is 11.1 Å². The molecule has 0 radical (unpaired) electrons. The molecule has 3 aromatic rings. The second-order valence-corrected chi connectivity index (χ2v) is 9.21. The fourth-order valence-electron chi connectivity index (χ4n) is 4.43. The molecular formula is C29H32N2O2. The van der Waals surface area contributed by atoms with E-state index in [2.05, 4.69) is 62.4 Å². The van der Waals surface area contributed by atoms with Crippen LogP contribution in [0, 0.1) is 12.1 Å². The maximum Gasteiger partial charge on any atom is 0.234 e. The number of ether oxygens (including phenoxy) is 1. The summed E-state index contributed by atoms with van der Waals surface area (Å²) >= 11 is 0. The molecular weight excluding hydrogens is 408 g/mol. The third kappa shape index (κ3) is 4.83. The molecule has 4 rings (SSSR count). The van der Waals surface area contributed by atoms with E-state index in [1.54, 1.807) is 7.11 Å². The standard InChI is InChI=1S/C29H32N2O2/c1-20(2)22-8-13-25(14-9-22)31(19-21-6-11-24(12-7-21)30(3)4)29(32)28-16-10-23-18-26(33-5)15-17-27(23)28/h6,8-9,11,13-15,17-18,20,28H,10,16,19H2,1-5H3. The first-order valence-corrected chi connectivity index (χ1v) is 11.6. The number of anilines is 2. The largest absolute Gasteiger partial charge is 0.497 e. The Balaban J connectivity index is 1.66. The van der Waals surface area contributed by atoms with Crippen LogP contribution in [0.3, 0.4) is 0 Å². The van der Waals surface area contributed by atoms with Gasteiger partial charge in [-0.25, -0.2) is 0 Å². The lowest BCUT2D eigenvalue weighted by atomic mass is 9.98. The molecule has 0 aliphatic heterocycles. The van der Waals surface area contributed by atoms with Crippen molar-refractivity contribution in [2.75, 3.05) is 31.0 Å². The summed E-state index contributed by atoms with van der Waals surface area (Å²) in [6, 6.07) is 24.9. The number of amides is 1. The molecule has 0 heterocycles. The molecule has 0 fully saturated rings. The highest BCUT2D eigenvalue weighted by Gasteiger charge is 2.33. The molecule has 1 atom stereocenters. The number of nitrogens with zero attached hydrogens (tertiary/aromatic N) is 2. The Morgan fingerprint density at radius 1 is 1.06 bits per heavy atom. The van der Waals surface area contributed by atoms with E-state index in [4.69, 9.17) is 4.74 Å². The van der Waals surface area contributed by atoms with Crippen LogP contribution < -0.4 is 14.5 Å². The molecule has 0 saturated carbocycles. The van der Waals surface area contributed by atoms with Crippen molar-refractivity contribution in [2.45, 2.75) is 45.1 Å². The number of carbonyl (C=O) groups excluding carboxylic acids is 1. The van der Waals surface area contributed by atoms with Crippen LogP contribution in [0.15, 0.2) is 54.6 Å². The number of carbonyl (C=O) groups is 1. The molecule has 4 heteroatoms. The van der Waals surface area contributed by atoms with Crippen molar-refractivity contribution in [3.05, 3.63) is 89.0 Å². The zero-order valence-corrected chi connectivity index (χ0v) is 20.2. The van der Waals surface area contributed by atoms with Gasteiger partial charge in [-0.3, -0.25) is 4.79 Å². The first-order valence-electron chi connectivity index (χ1n) is 11.6. The normalized spacial score (nSPS) is 14.5. The summed E-state index contributed by atoms with van der Waals surface area (Å²) in [5.74, 6) is 1.26. The average Bonchev–Trinajstić information content (AvgIpc) is 3.25. The Labute approximate surface area is 197 Å². The van der Waals surface area contributed by atoms with Crippen LogP contribution in [0.1, 0.15) is 54.4 Å². The van der Waals surface area contributed by atoms with Gasteiger partial charge in [0.05, 0.1) is 25.3 Å². The van der Waals surface area contributed by atoms with Crippen LogP contribution in [0.25, 0.3) is 0 Å². The zero-order chi connectivity index (χ0) is 23.5. The Kier molecular flexibility index (Phi) is 6.60. The summed E-state index contributed by atoms with van der Waals surface area (Å²) < 4.78 is 5.38. The molecule has 0 saturated heterocycles. The lowest BCUT2D eigenvalue weighted by Crippen LogP contribution is -2.34. The number of hydrogen-bond donors (Lipinski definition) is 0. The predicted molar refractivity (Wildman–Crippen MR) is 134 cm³/mol. The summed E-state index contributed by atoms with van der Waals surface area (Å²) in [7, 11) is 5.65. The van der Waals surface area contributed by atoms with Crippen LogP contribution >= 0.6 is 0 Å². The van der Waals surface area contributed by atoms with Crippen molar-refractivity contribution in [2.24, 2.45) is 0 Å². The quantitative estimate of drug-likeness (QED) is 0.469. The van der Waals surface area contributed by atoms with E-state index in [0.29, 0.717) is 12.5 Å². The van der Waals surface area contributed by atoms with Crippen molar-refractivity contribution >= 4 is 17.3 Å². The molecule has 1 amide bonds. The van der Waals surface area contributed by atoms with Gasteiger partial charge >= 0.3 is 0 Å². The Morgan fingerprint density at radius 2 is 1.82 bits per heavy atom. The fraction of sp³-hybridized carbons (Fsp3) is 0.345. The highest BCUT2D eigenvalue weighted by atomic mass is 16.5. The number of hydrogen-bond acceptors (Lipinski definition) is 3. The van der Waals surface area contributed by atoms with Crippen molar-refractivity contribution in [3.8, 4) is 5.75 Å². The fourth-order valence-corrected chi connectivity index (χ4v) is 4.43. The van der Waals surface area contributed by atoms with Gasteiger partial charge in [-0.2, -0.15) is 0 Å². The van der Waals surface area contributed by atoms with Gasteiger partial charge in [0.25, 0.3) is 0 Å². The molecule has 3 aromatic carbocycles. The molecule has 0 bridgehead atoms. The summed E-state index contributed by atoms with van der Waals surface area (Å²) in [5, 5.41) is 0. The van der Waals surface area contributed by atoms with Crippen molar-refractivity contribution in [1.82, 2.24) is 0 Å². The molecule has 1 aliphatic rings. The molecule has 0 aromatic heterocycles. The second-order valence-electron chi connectivity index (χ2n) is 9.21. The molecule has 170 valence electrons. The second kappa shape index (κ2) is 9.58. The number of methoxy groups -OCH3 is 1. The SMILES string of the molecule is COc1ccc2c(c1)CCC2C(=O)N(Cc1c#cc(N(C)C)cc1)c1ccc(C(C)C)cc1. The summed E-state index contributed by atoms with van der Waals surface area (Å²) in [5.41, 5.74) is 6.41. The summed E-state index contributed by atoms with van der Waals surface area (Å²) in [4.78, 5) is 17.8. The number of benzene rings is 2. The molecule has 1 unspecified atom stereocenters. The number of rotatable bonds is 7. The van der Waals surface area contributed by atoms with Crippen LogP contribution in [-0.2, 0) is 17.8 Å². The Hall–Kier alpha value is -3.45. The first-order chi connectivity index (χ1) is 15.9. The van der Waals surface area contributed by atoms with Crippen molar-refractivity contribution < 1.29 is 9.53 Å². The van der Waals surface area contributed by atoms with E-state index < -0.39 is 0 Å². The van der Waals surface area contributed by atoms with E-state index in [0.717, 1.165) is 41.1 Å². The van der Waals surface area contributed by atoms with Gasteiger partial charge in [0.15, 0.2) is 0 Å². The minimum atomic E-state index is -0.152.